The minimum atomic E-state index is -0.559. The summed E-state index contributed by atoms with van der Waals surface area (Å²) in [5.74, 6) is 3.81. The Morgan fingerprint density at radius 3 is 1.80 bits per heavy atom. The molecule has 0 bridgehead atoms. The summed E-state index contributed by atoms with van der Waals surface area (Å²) in [7, 11) is 0. The molecule has 4 aliphatic rings. The van der Waals surface area contributed by atoms with E-state index in [0.29, 0.717) is 0 Å². The molecule has 0 saturated carbocycles. The first kappa shape index (κ1) is 36.7. The molecule has 304 valence electrons. The van der Waals surface area contributed by atoms with E-state index in [9.17, 15) is 0 Å². The average Bonchev–Trinajstić information content (AvgIpc) is 3.88. The second kappa shape index (κ2) is 14.3. The second-order valence-corrected chi connectivity index (χ2v) is 17.5. The van der Waals surface area contributed by atoms with Gasteiger partial charge in [-0.2, -0.15) is 0 Å². The van der Waals surface area contributed by atoms with Crippen molar-refractivity contribution in [2.75, 3.05) is 4.90 Å². The van der Waals surface area contributed by atoms with Gasteiger partial charge in [0.1, 0.15) is 23.0 Å². The van der Waals surface area contributed by atoms with Crippen LogP contribution in [0.2, 0.25) is 0 Å². The summed E-state index contributed by atoms with van der Waals surface area (Å²) < 4.78 is 13.5. The van der Waals surface area contributed by atoms with Crippen molar-refractivity contribution in [3.8, 4) is 28.4 Å². The molecule has 3 atom stereocenters. The van der Waals surface area contributed by atoms with E-state index in [1.54, 1.807) is 0 Å². The topological polar surface area (TPSA) is 21.7 Å². The maximum atomic E-state index is 6.77. The lowest BCUT2D eigenvalue weighted by Crippen LogP contribution is -2.32. The van der Waals surface area contributed by atoms with Crippen molar-refractivity contribution in [2.45, 2.75) is 24.2 Å². The molecule has 2 aliphatic carbocycles. The molecule has 9 aromatic carbocycles. The number of para-hydroxylation sites is 4. The number of hydrogen-bond acceptors (Lipinski definition) is 3. The third-order valence-corrected chi connectivity index (χ3v) is 14.2. The van der Waals surface area contributed by atoms with Gasteiger partial charge in [0.2, 0.25) is 0 Å². The van der Waals surface area contributed by atoms with Gasteiger partial charge in [0.25, 0.3) is 0 Å². The van der Waals surface area contributed by atoms with Crippen LogP contribution in [0, 0.1) is 5.92 Å². The van der Waals surface area contributed by atoms with Crippen LogP contribution in [-0.4, -0.2) is 0 Å². The van der Waals surface area contributed by atoms with Crippen molar-refractivity contribution in [1.29, 1.82) is 0 Å². The highest BCUT2D eigenvalue weighted by molar-refractivity contribution is 5.91. The standard InChI is InChI=1S/C61H43NO2/c1-39-53(62(44-19-4-2-5-20-44)45-21-6-3-7-22-45)34-36-57-58(39)48-38-43(33-35-54(48)63-57)59(42-32-31-40-17-8-9-18-41(40)37-42)47-24-16-28-52-60(47)46-23-10-11-25-49(46)61(52)50-26-12-14-29-55(50)64-56-30-15-13-27-51(56)61/h2-39,58-59H,1H3. The molecule has 3 nitrogen and oxygen atoms in total. The molecule has 0 fully saturated rings. The van der Waals surface area contributed by atoms with Crippen LogP contribution in [0.4, 0.5) is 11.4 Å². The molecule has 64 heavy (non-hydrogen) atoms. The summed E-state index contributed by atoms with van der Waals surface area (Å²) in [6.45, 7) is 2.36. The molecule has 0 radical (unpaired) electrons. The van der Waals surface area contributed by atoms with E-state index in [-0.39, 0.29) is 17.8 Å². The molecule has 2 heterocycles. The number of fused-ring (bicyclic) bond motifs is 13. The van der Waals surface area contributed by atoms with E-state index >= 15 is 0 Å². The van der Waals surface area contributed by atoms with E-state index in [2.05, 4.69) is 236 Å². The predicted octanol–water partition coefficient (Wildman–Crippen LogP) is 15.2. The number of ether oxygens (including phenoxy) is 2. The van der Waals surface area contributed by atoms with Crippen molar-refractivity contribution >= 4 is 22.1 Å². The van der Waals surface area contributed by atoms with Crippen LogP contribution in [0.1, 0.15) is 63.3 Å². The van der Waals surface area contributed by atoms with Crippen molar-refractivity contribution in [1.82, 2.24) is 0 Å². The monoisotopic (exact) mass is 821 g/mol. The molecule has 3 unspecified atom stereocenters. The molecular formula is C61H43NO2. The molecule has 3 heteroatoms. The molecule has 2 aliphatic heterocycles. The van der Waals surface area contributed by atoms with E-state index in [1.807, 2.05) is 0 Å². The normalized spacial score (nSPS) is 17.3. The summed E-state index contributed by atoms with van der Waals surface area (Å²) in [5, 5.41) is 2.46. The largest absolute Gasteiger partial charge is 0.461 e. The lowest BCUT2D eigenvalue weighted by atomic mass is 9.66. The zero-order valence-corrected chi connectivity index (χ0v) is 35.4. The highest BCUT2D eigenvalue weighted by Gasteiger charge is 2.52. The van der Waals surface area contributed by atoms with Gasteiger partial charge in [-0.25, -0.2) is 0 Å². The maximum absolute atomic E-state index is 6.77. The molecular weight excluding hydrogens is 779 g/mol. The Morgan fingerprint density at radius 1 is 0.469 bits per heavy atom. The number of anilines is 2. The lowest BCUT2D eigenvalue weighted by Gasteiger charge is -2.39. The molecule has 9 aromatic rings. The van der Waals surface area contributed by atoms with E-state index < -0.39 is 5.41 Å². The Hall–Kier alpha value is -7.88. The smallest absolute Gasteiger partial charge is 0.132 e. The van der Waals surface area contributed by atoms with Crippen LogP contribution in [0.5, 0.6) is 17.2 Å². The summed E-state index contributed by atoms with van der Waals surface area (Å²) >= 11 is 0. The van der Waals surface area contributed by atoms with Crippen molar-refractivity contribution in [3.63, 3.8) is 0 Å². The summed E-state index contributed by atoms with van der Waals surface area (Å²) in [5.41, 5.74) is 15.4. The van der Waals surface area contributed by atoms with Crippen LogP contribution < -0.4 is 14.4 Å². The fraction of sp³-hybridized carbons (Fsp3) is 0.0820. The van der Waals surface area contributed by atoms with Gasteiger partial charge in [-0.15, -0.1) is 0 Å². The molecule has 1 spiro atoms. The van der Waals surface area contributed by atoms with Gasteiger partial charge >= 0.3 is 0 Å². The summed E-state index contributed by atoms with van der Waals surface area (Å²) in [6, 6.07) is 77.5. The van der Waals surface area contributed by atoms with Gasteiger partial charge in [-0.05, 0) is 104 Å². The van der Waals surface area contributed by atoms with Crippen LogP contribution >= 0.6 is 0 Å². The number of allylic oxidation sites excluding steroid dienone is 4. The first-order chi connectivity index (χ1) is 31.7. The zero-order chi connectivity index (χ0) is 42.4. The SMILES string of the molecule is CC1C(N(c2ccccc2)c2ccccc2)=CC=C2Oc3ccc(C(c4ccc5ccccc5c4)c4cccc5c4-c4ccccc4C54c5ccccc5Oc5ccccc54)cc3C21. The third kappa shape index (κ3) is 5.34. The fourth-order valence-corrected chi connectivity index (χ4v) is 11.6. The minimum Gasteiger partial charge on any atom is -0.461 e. The highest BCUT2D eigenvalue weighted by Crippen LogP contribution is 2.63. The average molecular weight is 822 g/mol. The first-order valence-electron chi connectivity index (χ1n) is 22.4. The van der Waals surface area contributed by atoms with E-state index in [4.69, 9.17) is 9.47 Å². The fourth-order valence-electron chi connectivity index (χ4n) is 11.6. The highest BCUT2D eigenvalue weighted by atomic mass is 16.5. The van der Waals surface area contributed by atoms with Crippen LogP contribution in [0.25, 0.3) is 21.9 Å². The summed E-state index contributed by atoms with van der Waals surface area (Å²) in [4.78, 5) is 2.41. The van der Waals surface area contributed by atoms with Crippen LogP contribution in [-0.2, 0) is 5.41 Å². The third-order valence-electron chi connectivity index (χ3n) is 14.2. The summed E-state index contributed by atoms with van der Waals surface area (Å²) in [6.07, 6.45) is 4.46. The van der Waals surface area contributed by atoms with E-state index in [0.717, 1.165) is 34.4 Å². The quantitative estimate of drug-likeness (QED) is 0.156. The number of nitrogens with zero attached hydrogens (tertiary/aromatic N) is 1. The Bertz CT molecular complexity index is 3300. The number of rotatable bonds is 6. The second-order valence-electron chi connectivity index (χ2n) is 17.5. The van der Waals surface area contributed by atoms with Gasteiger partial charge < -0.3 is 14.4 Å². The Labute approximate surface area is 373 Å². The number of hydrogen-bond donors (Lipinski definition) is 0. The maximum Gasteiger partial charge on any atom is 0.132 e. The Morgan fingerprint density at radius 2 is 1.06 bits per heavy atom. The first-order valence-corrected chi connectivity index (χ1v) is 22.4. The molecule has 0 N–H and O–H groups in total. The molecule has 0 aromatic heterocycles. The van der Waals surface area contributed by atoms with Crippen molar-refractivity contribution in [3.05, 3.63) is 280 Å². The van der Waals surface area contributed by atoms with Gasteiger partial charge in [-0.1, -0.05) is 177 Å². The van der Waals surface area contributed by atoms with Crippen molar-refractivity contribution < 1.29 is 9.47 Å². The Balaban J connectivity index is 1.01. The minimum absolute atomic E-state index is 0.0443. The van der Waals surface area contributed by atoms with Crippen molar-refractivity contribution in [2.24, 2.45) is 5.92 Å². The molecule has 0 amide bonds. The Kier molecular flexibility index (Phi) is 8.23. The van der Waals surface area contributed by atoms with E-state index in [1.165, 1.54) is 72.1 Å². The zero-order valence-electron chi connectivity index (χ0n) is 35.4. The number of benzene rings is 9. The van der Waals surface area contributed by atoms with Gasteiger partial charge in [0.15, 0.2) is 0 Å². The molecule has 0 saturated heterocycles. The predicted molar refractivity (Wildman–Crippen MR) is 259 cm³/mol. The lowest BCUT2D eigenvalue weighted by molar-refractivity contribution is 0.397. The van der Waals surface area contributed by atoms with Gasteiger partial charge in [0.05, 0.1) is 11.3 Å². The molecule has 13 rings (SSSR count). The van der Waals surface area contributed by atoms with Crippen LogP contribution in [0.15, 0.2) is 236 Å². The van der Waals surface area contributed by atoms with Gasteiger partial charge in [0, 0.05) is 45.6 Å². The van der Waals surface area contributed by atoms with Crippen LogP contribution in [0.3, 0.4) is 0 Å². The van der Waals surface area contributed by atoms with Gasteiger partial charge in [-0.3, -0.25) is 0 Å².